The van der Waals surface area contributed by atoms with Gasteiger partial charge in [0.2, 0.25) is 5.78 Å². The monoisotopic (exact) mass is 532 g/mol. The zero-order chi connectivity index (χ0) is 23.4. The predicted octanol–water partition coefficient (Wildman–Crippen LogP) is 7.65. The van der Waals surface area contributed by atoms with Crippen molar-refractivity contribution in [2.24, 2.45) is 0 Å². The molecule has 1 aromatic heterocycles. The standard InChI is InChI=1S/C22H17Cl5N2O3/c1-3-29-14(8-9-28-29)15(30)6-4-12-5-7-16(31-2)13(10-12)11-32-22-20(26)18(24)17(23)19(25)21(22)27/h4-10H,3,11H2,1-2H3/b6-4+. The van der Waals surface area contributed by atoms with Crippen LogP contribution in [-0.4, -0.2) is 22.7 Å². The summed E-state index contributed by atoms with van der Waals surface area (Å²) >= 11 is 30.7. The van der Waals surface area contributed by atoms with E-state index in [-0.39, 0.29) is 43.3 Å². The second-order valence-corrected chi connectivity index (χ2v) is 8.38. The number of ether oxygens (including phenoxy) is 2. The highest BCUT2D eigenvalue weighted by atomic mass is 35.5. The van der Waals surface area contributed by atoms with Gasteiger partial charge in [0.25, 0.3) is 0 Å². The van der Waals surface area contributed by atoms with E-state index in [9.17, 15) is 4.79 Å². The molecule has 3 aromatic rings. The number of aromatic nitrogens is 2. The molecule has 0 aliphatic carbocycles. The maximum Gasteiger partial charge on any atom is 0.203 e. The summed E-state index contributed by atoms with van der Waals surface area (Å²) < 4.78 is 12.9. The number of rotatable bonds is 8. The minimum absolute atomic E-state index is 0.0474. The lowest BCUT2D eigenvalue weighted by Gasteiger charge is -2.15. The van der Waals surface area contributed by atoms with Crippen LogP contribution < -0.4 is 9.47 Å². The van der Waals surface area contributed by atoms with E-state index >= 15 is 0 Å². The molecule has 0 aliphatic heterocycles. The van der Waals surface area contributed by atoms with Crippen LogP contribution >= 0.6 is 58.0 Å². The van der Waals surface area contributed by atoms with Crippen molar-refractivity contribution in [3.8, 4) is 11.5 Å². The predicted molar refractivity (Wildman–Crippen MR) is 130 cm³/mol. The molecule has 10 heteroatoms. The summed E-state index contributed by atoms with van der Waals surface area (Å²) in [6.07, 6.45) is 4.79. The van der Waals surface area contributed by atoms with Gasteiger partial charge in [-0.3, -0.25) is 9.48 Å². The Morgan fingerprint density at radius 1 is 1.03 bits per heavy atom. The van der Waals surface area contributed by atoms with Crippen LogP contribution in [-0.2, 0) is 13.2 Å². The van der Waals surface area contributed by atoms with E-state index < -0.39 is 0 Å². The third-order valence-electron chi connectivity index (χ3n) is 4.54. The maximum atomic E-state index is 12.5. The van der Waals surface area contributed by atoms with E-state index in [0.717, 1.165) is 5.56 Å². The van der Waals surface area contributed by atoms with E-state index in [1.807, 2.05) is 19.1 Å². The van der Waals surface area contributed by atoms with Crippen molar-refractivity contribution in [1.82, 2.24) is 9.78 Å². The Morgan fingerprint density at radius 3 is 2.31 bits per heavy atom. The van der Waals surface area contributed by atoms with Crippen molar-refractivity contribution in [2.75, 3.05) is 7.11 Å². The van der Waals surface area contributed by atoms with Crippen molar-refractivity contribution in [2.45, 2.75) is 20.1 Å². The Balaban J connectivity index is 1.84. The summed E-state index contributed by atoms with van der Waals surface area (Å²) in [7, 11) is 1.54. The first-order chi connectivity index (χ1) is 15.3. The van der Waals surface area contributed by atoms with Gasteiger partial charge in [0.1, 0.15) is 28.1 Å². The van der Waals surface area contributed by atoms with Crippen molar-refractivity contribution < 1.29 is 14.3 Å². The number of carbonyl (C=O) groups excluding carboxylic acids is 1. The van der Waals surface area contributed by atoms with Gasteiger partial charge < -0.3 is 9.47 Å². The summed E-state index contributed by atoms with van der Waals surface area (Å²) in [5, 5.41) is 4.37. The molecule has 0 N–H and O–H groups in total. The van der Waals surface area contributed by atoms with Gasteiger partial charge in [-0.15, -0.1) is 0 Å². The SMILES string of the molecule is CCn1nccc1C(=O)/C=C/c1ccc(OC)c(COc2c(Cl)c(Cl)c(Cl)c(Cl)c2Cl)c1. The van der Waals surface area contributed by atoms with Gasteiger partial charge in [0.15, 0.2) is 5.75 Å². The molecule has 0 saturated carbocycles. The van der Waals surface area contributed by atoms with Gasteiger partial charge in [0, 0.05) is 18.3 Å². The van der Waals surface area contributed by atoms with Crippen LogP contribution in [0, 0.1) is 0 Å². The molecule has 3 rings (SSSR count). The Morgan fingerprint density at radius 2 is 1.69 bits per heavy atom. The maximum absolute atomic E-state index is 12.5. The fourth-order valence-electron chi connectivity index (χ4n) is 2.93. The van der Waals surface area contributed by atoms with Crippen LogP contribution in [0.5, 0.6) is 11.5 Å². The topological polar surface area (TPSA) is 53.4 Å². The molecule has 0 unspecified atom stereocenters. The molecule has 0 atom stereocenters. The molecule has 0 fully saturated rings. The number of halogens is 5. The van der Waals surface area contributed by atoms with E-state index in [1.54, 1.807) is 36.2 Å². The Hall–Kier alpha value is -1.89. The Labute approximate surface area is 210 Å². The van der Waals surface area contributed by atoms with E-state index in [4.69, 9.17) is 67.5 Å². The quantitative estimate of drug-likeness (QED) is 0.129. The molecule has 2 aromatic carbocycles. The van der Waals surface area contributed by atoms with Crippen LogP contribution in [0.2, 0.25) is 25.1 Å². The second kappa shape index (κ2) is 10.8. The summed E-state index contributed by atoms with van der Waals surface area (Å²) in [5.41, 5.74) is 1.97. The number of nitrogens with zero attached hydrogens (tertiary/aromatic N) is 2. The Bertz CT molecular complexity index is 1160. The minimum Gasteiger partial charge on any atom is -0.496 e. The highest BCUT2D eigenvalue weighted by molar-refractivity contribution is 6.55. The zero-order valence-corrected chi connectivity index (χ0v) is 20.7. The van der Waals surface area contributed by atoms with Crippen LogP contribution in [0.3, 0.4) is 0 Å². The molecule has 0 saturated heterocycles. The molecule has 5 nitrogen and oxygen atoms in total. The van der Waals surface area contributed by atoms with E-state index in [2.05, 4.69) is 5.10 Å². The van der Waals surface area contributed by atoms with Crippen LogP contribution in [0.25, 0.3) is 6.08 Å². The molecular formula is C22H17Cl5N2O3. The van der Waals surface area contributed by atoms with E-state index in [1.165, 1.54) is 6.08 Å². The Kier molecular flexibility index (Phi) is 8.37. The number of aryl methyl sites for hydroxylation is 1. The first-order valence-electron chi connectivity index (χ1n) is 9.33. The van der Waals surface area contributed by atoms with Crippen molar-refractivity contribution in [3.05, 3.63) is 78.5 Å². The first kappa shape index (κ1) is 24.7. The highest BCUT2D eigenvalue weighted by Crippen LogP contribution is 2.48. The lowest BCUT2D eigenvalue weighted by Crippen LogP contribution is -2.07. The fraction of sp³-hybridized carbons (Fsp3) is 0.182. The molecular weight excluding hydrogens is 518 g/mol. The van der Waals surface area contributed by atoms with Crippen molar-refractivity contribution in [1.29, 1.82) is 0 Å². The minimum atomic E-state index is -0.151. The number of hydrogen-bond acceptors (Lipinski definition) is 4. The third-order valence-corrected chi connectivity index (χ3v) is 6.78. The number of benzene rings is 2. The van der Waals surface area contributed by atoms with Gasteiger partial charge in [-0.1, -0.05) is 70.1 Å². The number of carbonyl (C=O) groups is 1. The fourth-order valence-corrected chi connectivity index (χ4v) is 4.16. The largest absolute Gasteiger partial charge is 0.496 e. The molecule has 0 spiro atoms. The highest BCUT2D eigenvalue weighted by Gasteiger charge is 2.21. The summed E-state index contributed by atoms with van der Waals surface area (Å²) in [4.78, 5) is 12.5. The smallest absolute Gasteiger partial charge is 0.203 e. The van der Waals surface area contributed by atoms with Crippen molar-refractivity contribution >= 4 is 69.9 Å². The zero-order valence-electron chi connectivity index (χ0n) is 17.0. The lowest BCUT2D eigenvalue weighted by molar-refractivity contribution is 0.103. The van der Waals surface area contributed by atoms with Gasteiger partial charge in [0.05, 0.1) is 22.2 Å². The number of ketones is 1. The summed E-state index contributed by atoms with van der Waals surface area (Å²) in [5.74, 6) is 0.539. The van der Waals surface area contributed by atoms with Crippen molar-refractivity contribution in [3.63, 3.8) is 0 Å². The van der Waals surface area contributed by atoms with Crippen LogP contribution in [0.1, 0.15) is 28.5 Å². The third kappa shape index (κ3) is 5.19. The molecule has 32 heavy (non-hydrogen) atoms. The van der Waals surface area contributed by atoms with Gasteiger partial charge >= 0.3 is 0 Å². The average molecular weight is 535 g/mol. The van der Waals surface area contributed by atoms with Gasteiger partial charge in [-0.05, 0) is 36.8 Å². The van der Waals surface area contributed by atoms with E-state index in [0.29, 0.717) is 23.6 Å². The second-order valence-electron chi connectivity index (χ2n) is 6.49. The number of allylic oxidation sites excluding steroid dienone is 1. The molecule has 0 radical (unpaired) electrons. The van der Waals surface area contributed by atoms with Crippen LogP contribution in [0.15, 0.2) is 36.5 Å². The molecule has 0 bridgehead atoms. The molecule has 0 aliphatic rings. The van der Waals surface area contributed by atoms with Gasteiger partial charge in [-0.2, -0.15) is 5.10 Å². The number of hydrogen-bond donors (Lipinski definition) is 0. The van der Waals surface area contributed by atoms with Crippen LogP contribution in [0.4, 0.5) is 0 Å². The number of methoxy groups -OCH3 is 1. The molecule has 0 amide bonds. The molecule has 1 heterocycles. The normalized spacial score (nSPS) is 11.2. The van der Waals surface area contributed by atoms with Gasteiger partial charge in [-0.25, -0.2) is 0 Å². The summed E-state index contributed by atoms with van der Waals surface area (Å²) in [6.45, 7) is 2.58. The average Bonchev–Trinajstić information content (AvgIpc) is 3.29. The molecule has 168 valence electrons. The first-order valence-corrected chi connectivity index (χ1v) is 11.2. The lowest BCUT2D eigenvalue weighted by atomic mass is 10.1. The summed E-state index contributed by atoms with van der Waals surface area (Å²) in [6, 6.07) is 7.09.